The van der Waals surface area contributed by atoms with Crippen molar-refractivity contribution in [1.82, 2.24) is 41.5 Å². The minimum Gasteiger partial charge on any atom is -0.489 e. The van der Waals surface area contributed by atoms with E-state index in [1.807, 2.05) is 78.9 Å². The van der Waals surface area contributed by atoms with Crippen molar-refractivity contribution < 1.29 is 38.2 Å². The zero-order chi connectivity index (χ0) is 49.2. The van der Waals surface area contributed by atoms with Crippen LogP contribution in [0.25, 0.3) is 10.9 Å². The zero-order valence-corrected chi connectivity index (χ0v) is 38.4. The van der Waals surface area contributed by atoms with Gasteiger partial charge in [0.2, 0.25) is 29.5 Å². The van der Waals surface area contributed by atoms with E-state index < -0.39 is 65.8 Å². The van der Waals surface area contributed by atoms with Gasteiger partial charge in [-0.1, -0.05) is 121 Å². The molecule has 2 aromatic heterocycles. The Balaban J connectivity index is 1.15. The number of nitrogens with zero attached hydrogens (tertiary/aromatic N) is 1. The number of imidazole rings is 1. The van der Waals surface area contributed by atoms with Crippen molar-refractivity contribution in [1.29, 1.82) is 0 Å². The van der Waals surface area contributed by atoms with Gasteiger partial charge in [-0.05, 0) is 52.9 Å². The lowest BCUT2D eigenvalue weighted by Gasteiger charge is -2.27. The first-order chi connectivity index (χ1) is 34.0. The van der Waals surface area contributed by atoms with Crippen LogP contribution < -0.4 is 37.1 Å². The number of aromatic amines is 2. The van der Waals surface area contributed by atoms with Crippen molar-refractivity contribution >= 4 is 46.5 Å². The Morgan fingerprint density at radius 3 is 1.61 bits per heavy atom. The largest absolute Gasteiger partial charge is 0.489 e. The predicted molar refractivity (Wildman–Crippen MR) is 262 cm³/mol. The van der Waals surface area contributed by atoms with Gasteiger partial charge in [-0.25, -0.2) is 9.78 Å². The van der Waals surface area contributed by atoms with E-state index in [0.717, 1.165) is 22.0 Å². The van der Waals surface area contributed by atoms with E-state index in [0.29, 0.717) is 34.7 Å². The van der Waals surface area contributed by atoms with E-state index in [1.54, 1.807) is 66.9 Å². The van der Waals surface area contributed by atoms with Gasteiger partial charge >= 0.3 is 6.09 Å². The van der Waals surface area contributed by atoms with Crippen molar-refractivity contribution in [2.24, 2.45) is 5.73 Å². The molecule has 17 heteroatoms. The molecule has 7 rings (SSSR count). The average molecular weight is 946 g/mol. The molecule has 0 fully saturated rings. The topological polar surface area (TPSA) is 252 Å². The first kappa shape index (κ1) is 49.2. The van der Waals surface area contributed by atoms with Gasteiger partial charge in [0.05, 0.1) is 6.33 Å². The molecule has 1 unspecified atom stereocenters. The smallest absolute Gasteiger partial charge is 0.408 e. The van der Waals surface area contributed by atoms with E-state index in [9.17, 15) is 28.8 Å². The van der Waals surface area contributed by atoms with E-state index in [-0.39, 0.29) is 32.3 Å². The van der Waals surface area contributed by atoms with Crippen LogP contribution in [0, 0.1) is 0 Å². The van der Waals surface area contributed by atoms with E-state index >= 15 is 0 Å². The number of alkyl carbamates (subject to hydrolysis) is 1. The molecule has 360 valence electrons. The van der Waals surface area contributed by atoms with Gasteiger partial charge in [0.25, 0.3) is 0 Å². The number of nitrogens with two attached hydrogens (primary N) is 1. The Kier molecular flexibility index (Phi) is 17.1. The van der Waals surface area contributed by atoms with Crippen molar-refractivity contribution in [2.45, 2.75) is 76.0 Å². The Hall–Kier alpha value is -8.73. The second kappa shape index (κ2) is 24.3. The number of amides is 6. The van der Waals surface area contributed by atoms with Crippen molar-refractivity contribution in [3.05, 3.63) is 192 Å². The molecule has 0 aliphatic rings. The van der Waals surface area contributed by atoms with E-state index in [2.05, 4.69) is 41.5 Å². The van der Waals surface area contributed by atoms with Crippen molar-refractivity contribution in [3.8, 4) is 5.75 Å². The van der Waals surface area contributed by atoms with Crippen LogP contribution in [0.3, 0.4) is 0 Å². The molecule has 0 saturated carbocycles. The molecule has 70 heavy (non-hydrogen) atoms. The number of primary amides is 1. The number of nitrogens with one attached hydrogen (secondary N) is 7. The maximum Gasteiger partial charge on any atom is 0.408 e. The first-order valence-electron chi connectivity index (χ1n) is 22.8. The molecular weight excluding hydrogens is 891 g/mol. The molecule has 2 heterocycles. The number of hydrogen-bond acceptors (Lipinski definition) is 9. The van der Waals surface area contributed by atoms with Crippen LogP contribution in [0.5, 0.6) is 5.75 Å². The van der Waals surface area contributed by atoms with Gasteiger partial charge in [-0.3, -0.25) is 24.0 Å². The van der Waals surface area contributed by atoms with Gasteiger partial charge in [-0.15, -0.1) is 0 Å². The number of carbonyl (C=O) groups excluding carboxylic acids is 6. The number of para-hydroxylation sites is 1. The molecule has 0 radical (unpaired) electrons. The first-order valence-corrected chi connectivity index (χ1v) is 22.8. The minimum atomic E-state index is -1.32. The van der Waals surface area contributed by atoms with Crippen molar-refractivity contribution in [3.63, 3.8) is 0 Å². The van der Waals surface area contributed by atoms with Gasteiger partial charge in [0.15, 0.2) is 0 Å². The van der Waals surface area contributed by atoms with Gasteiger partial charge in [-0.2, -0.15) is 0 Å². The summed E-state index contributed by atoms with van der Waals surface area (Å²) in [6.07, 6.45) is 3.73. The molecular formula is C53H55N9O8. The Bertz CT molecular complexity index is 2820. The number of rotatable bonds is 23. The van der Waals surface area contributed by atoms with Crippen LogP contribution in [0.1, 0.15) is 40.4 Å². The molecule has 6 amide bonds. The monoisotopic (exact) mass is 945 g/mol. The van der Waals surface area contributed by atoms with Gasteiger partial charge in [0.1, 0.15) is 49.2 Å². The lowest BCUT2D eigenvalue weighted by Crippen LogP contribution is -2.60. The summed E-state index contributed by atoms with van der Waals surface area (Å²) in [4.78, 5) is 93.1. The lowest BCUT2D eigenvalue weighted by molar-refractivity contribution is -0.134. The second-order valence-corrected chi connectivity index (χ2v) is 16.7. The van der Waals surface area contributed by atoms with Crippen LogP contribution in [-0.2, 0) is 67.6 Å². The van der Waals surface area contributed by atoms with Crippen LogP contribution in [0.4, 0.5) is 4.79 Å². The normalized spacial score (nSPS) is 13.1. The van der Waals surface area contributed by atoms with Crippen LogP contribution in [-0.4, -0.2) is 80.8 Å². The summed E-state index contributed by atoms with van der Waals surface area (Å²) in [5.41, 5.74) is 10.6. The highest BCUT2D eigenvalue weighted by Gasteiger charge is 2.33. The maximum absolute atomic E-state index is 14.8. The third kappa shape index (κ3) is 14.4. The molecule has 0 aliphatic carbocycles. The molecule has 0 bridgehead atoms. The second-order valence-electron chi connectivity index (χ2n) is 16.7. The van der Waals surface area contributed by atoms with Gasteiger partial charge in [0, 0.05) is 54.7 Å². The highest BCUT2D eigenvalue weighted by atomic mass is 16.5. The fourth-order valence-electron chi connectivity index (χ4n) is 7.63. The summed E-state index contributed by atoms with van der Waals surface area (Å²) in [5, 5.41) is 14.6. The summed E-state index contributed by atoms with van der Waals surface area (Å²) in [7, 11) is 0. The standard InChI is InChI=1S/C53H55N9O8/c1-34(48(54)63)58-49(64)46(27-39-29-56-43-20-12-11-19-42(39)43)61-51(66)44(25-35-13-5-2-6-14-35)59-50(65)45(26-36-21-23-41(24-22-36)69-31-37-15-7-3-8-16-37)60-52(67)47(28-40-30-55-33-57-40)62-53(68)70-32-38-17-9-4-10-18-38/h2-24,29-30,33-34,44-47,56H,25-28,31-32H2,1H3,(H2,54,63)(H,55,57)(H,58,64)(H,59,65)(H,60,67)(H,61,66)(H,62,68)/t34-,44?,45+,46+,47+/m0/s1. The third-order valence-electron chi connectivity index (χ3n) is 11.5. The molecule has 5 aromatic carbocycles. The SMILES string of the molecule is C[C@H](NC(=O)[C@@H](Cc1c[nH]c2ccccc12)NC(=O)C(Cc1ccccc1)NC(=O)[C@@H](Cc1ccc(OCc2ccccc2)cc1)NC(=O)[C@@H](Cc1cnc[nH]1)NC(=O)OCc1ccccc1)C(N)=O. The quantitative estimate of drug-likeness (QED) is 0.0450. The number of hydrogen-bond donors (Lipinski definition) is 8. The van der Waals surface area contributed by atoms with Crippen LogP contribution in [0.15, 0.2) is 158 Å². The number of ether oxygens (including phenoxy) is 2. The predicted octanol–water partition coefficient (Wildman–Crippen LogP) is 4.48. The summed E-state index contributed by atoms with van der Waals surface area (Å²) in [6.45, 7) is 1.71. The van der Waals surface area contributed by atoms with Crippen LogP contribution >= 0.6 is 0 Å². The highest BCUT2D eigenvalue weighted by Crippen LogP contribution is 2.20. The van der Waals surface area contributed by atoms with E-state index in [1.165, 1.54) is 19.4 Å². The fourth-order valence-corrected chi connectivity index (χ4v) is 7.63. The molecule has 17 nitrogen and oxygen atoms in total. The average Bonchev–Trinajstić information content (AvgIpc) is 4.05. The molecule has 0 aliphatic heterocycles. The minimum absolute atomic E-state index is 0.0110. The number of H-pyrrole nitrogens is 2. The number of benzene rings is 5. The molecule has 9 N–H and O–H groups in total. The summed E-state index contributed by atoms with van der Waals surface area (Å²) in [5.74, 6) is -3.04. The molecule has 5 atom stereocenters. The Morgan fingerprint density at radius 2 is 1.04 bits per heavy atom. The number of carbonyl (C=O) groups is 6. The summed E-state index contributed by atoms with van der Waals surface area (Å²) < 4.78 is 11.5. The number of fused-ring (bicyclic) bond motifs is 1. The Morgan fingerprint density at radius 1 is 0.543 bits per heavy atom. The van der Waals surface area contributed by atoms with Gasteiger partial charge < -0.3 is 51.8 Å². The third-order valence-corrected chi connectivity index (χ3v) is 11.5. The van der Waals surface area contributed by atoms with Crippen molar-refractivity contribution in [2.75, 3.05) is 0 Å². The van der Waals surface area contributed by atoms with E-state index in [4.69, 9.17) is 15.2 Å². The molecule has 0 spiro atoms. The lowest BCUT2D eigenvalue weighted by atomic mass is 10.0. The molecule has 7 aromatic rings. The summed E-state index contributed by atoms with van der Waals surface area (Å²) in [6, 6.07) is 36.1. The highest BCUT2D eigenvalue weighted by molar-refractivity contribution is 5.97. The maximum atomic E-state index is 14.8. The zero-order valence-electron chi connectivity index (χ0n) is 38.4. The van der Waals surface area contributed by atoms with Crippen LogP contribution in [0.2, 0.25) is 0 Å². The Labute approximate surface area is 404 Å². The number of aromatic nitrogens is 3. The fraction of sp³-hybridized carbons (Fsp3) is 0.226. The molecule has 0 saturated heterocycles. The summed E-state index contributed by atoms with van der Waals surface area (Å²) >= 11 is 0.